The van der Waals surface area contributed by atoms with Crippen LogP contribution < -0.4 is 10.6 Å². The minimum absolute atomic E-state index is 0.0397. The lowest BCUT2D eigenvalue weighted by Gasteiger charge is -2.23. The zero-order chi connectivity index (χ0) is 14.2. The van der Waals surface area contributed by atoms with Crippen LogP contribution in [0.4, 0.5) is 0 Å². The molecule has 4 rings (SSSR count). The van der Waals surface area contributed by atoms with Crippen molar-refractivity contribution in [3.8, 4) is 0 Å². The number of nitrogens with zero attached hydrogens (tertiary/aromatic N) is 2. The van der Waals surface area contributed by atoms with Crippen molar-refractivity contribution in [3.05, 3.63) is 23.7 Å². The number of fused-ring (bicyclic) bond motifs is 1. The average Bonchev–Trinajstić information content (AvgIpc) is 3.26. The molecule has 3 N–H and O–H groups in total. The van der Waals surface area contributed by atoms with Crippen LogP contribution in [0.15, 0.2) is 12.3 Å². The molecular weight excluding hydrogens is 266 g/mol. The highest BCUT2D eigenvalue weighted by Gasteiger charge is 2.28. The maximum absolute atomic E-state index is 12.5. The molecule has 0 aromatic carbocycles. The Morgan fingerprint density at radius 3 is 3.00 bits per heavy atom. The molecule has 110 valence electrons. The molecule has 2 aliphatic rings. The summed E-state index contributed by atoms with van der Waals surface area (Å²) in [6, 6.07) is 1.98. The number of hydrogen-bond acceptors (Lipinski definition) is 4. The van der Waals surface area contributed by atoms with Crippen LogP contribution >= 0.6 is 0 Å². The van der Waals surface area contributed by atoms with E-state index in [0.29, 0.717) is 17.1 Å². The van der Waals surface area contributed by atoms with Gasteiger partial charge in [0.05, 0.1) is 11.1 Å². The van der Waals surface area contributed by atoms with E-state index in [-0.39, 0.29) is 11.9 Å². The second kappa shape index (κ2) is 5.11. The van der Waals surface area contributed by atoms with E-state index in [2.05, 4.69) is 25.6 Å². The molecular formula is C15H19N5O. The number of piperidine rings is 1. The Bertz CT molecular complexity index is 670. The Hall–Kier alpha value is -1.95. The van der Waals surface area contributed by atoms with Crippen molar-refractivity contribution in [3.63, 3.8) is 0 Å². The van der Waals surface area contributed by atoms with E-state index < -0.39 is 0 Å². The summed E-state index contributed by atoms with van der Waals surface area (Å²) in [5.74, 6) is 1.46. The Morgan fingerprint density at radius 1 is 1.33 bits per heavy atom. The minimum Gasteiger partial charge on any atom is -0.348 e. The lowest BCUT2D eigenvalue weighted by molar-refractivity contribution is 0.0932. The summed E-state index contributed by atoms with van der Waals surface area (Å²) < 4.78 is 0. The lowest BCUT2D eigenvalue weighted by Crippen LogP contribution is -2.45. The first-order valence-corrected chi connectivity index (χ1v) is 7.67. The van der Waals surface area contributed by atoms with Crippen LogP contribution in [0, 0.1) is 0 Å². The van der Waals surface area contributed by atoms with E-state index in [1.54, 1.807) is 12.3 Å². The first-order chi connectivity index (χ1) is 10.3. The van der Waals surface area contributed by atoms with Gasteiger partial charge in [0.25, 0.3) is 5.91 Å². The van der Waals surface area contributed by atoms with Gasteiger partial charge in [0, 0.05) is 24.7 Å². The molecule has 1 amide bonds. The summed E-state index contributed by atoms with van der Waals surface area (Å²) in [6.07, 6.45) is 6.15. The molecule has 6 nitrogen and oxygen atoms in total. The molecule has 0 unspecified atom stereocenters. The van der Waals surface area contributed by atoms with Crippen molar-refractivity contribution in [2.24, 2.45) is 0 Å². The third kappa shape index (κ3) is 2.51. The Kier molecular flexibility index (Phi) is 3.11. The third-order valence-corrected chi connectivity index (χ3v) is 4.25. The number of rotatable bonds is 3. The molecule has 1 aliphatic heterocycles. The summed E-state index contributed by atoms with van der Waals surface area (Å²) in [5, 5.41) is 6.41. The number of pyridine rings is 1. The summed E-state index contributed by atoms with van der Waals surface area (Å²) >= 11 is 0. The number of aromatic nitrogens is 3. The van der Waals surface area contributed by atoms with Crippen LogP contribution in [0.5, 0.6) is 0 Å². The molecule has 0 spiro atoms. The van der Waals surface area contributed by atoms with Gasteiger partial charge in [-0.05, 0) is 38.3 Å². The number of carbonyl (C=O) groups is 1. The second-order valence-electron chi connectivity index (χ2n) is 5.97. The fraction of sp³-hybridized carbons (Fsp3) is 0.533. The summed E-state index contributed by atoms with van der Waals surface area (Å²) in [5.41, 5.74) is 2.05. The predicted octanol–water partition coefficient (Wildman–Crippen LogP) is 1.32. The van der Waals surface area contributed by atoms with Gasteiger partial charge in [-0.15, -0.1) is 0 Å². The zero-order valence-corrected chi connectivity index (χ0v) is 11.9. The van der Waals surface area contributed by atoms with Crippen molar-refractivity contribution in [2.45, 2.75) is 37.6 Å². The number of hydrogen-bond donors (Lipinski definition) is 3. The van der Waals surface area contributed by atoms with E-state index in [0.717, 1.165) is 37.3 Å². The predicted molar refractivity (Wildman–Crippen MR) is 79.2 cm³/mol. The van der Waals surface area contributed by atoms with Crippen molar-refractivity contribution in [1.29, 1.82) is 0 Å². The molecule has 21 heavy (non-hydrogen) atoms. The molecule has 1 aliphatic carbocycles. The van der Waals surface area contributed by atoms with E-state index in [1.807, 2.05) is 0 Å². The largest absolute Gasteiger partial charge is 0.348 e. The minimum atomic E-state index is -0.0397. The third-order valence-electron chi connectivity index (χ3n) is 4.25. The molecule has 3 heterocycles. The first kappa shape index (κ1) is 12.8. The maximum Gasteiger partial charge on any atom is 0.253 e. The van der Waals surface area contributed by atoms with Crippen LogP contribution in [-0.4, -0.2) is 40.0 Å². The number of imidazole rings is 1. The number of aromatic amines is 1. The molecule has 2 fully saturated rings. The highest BCUT2D eigenvalue weighted by molar-refractivity contribution is 6.04. The molecule has 1 atom stereocenters. The lowest BCUT2D eigenvalue weighted by atomic mass is 10.1. The van der Waals surface area contributed by atoms with E-state index in [9.17, 15) is 4.79 Å². The number of nitrogens with one attached hydrogen (secondary N) is 3. The highest BCUT2D eigenvalue weighted by Crippen LogP contribution is 2.39. The summed E-state index contributed by atoms with van der Waals surface area (Å²) in [7, 11) is 0. The Morgan fingerprint density at radius 2 is 2.24 bits per heavy atom. The molecule has 0 bridgehead atoms. The van der Waals surface area contributed by atoms with Crippen LogP contribution in [-0.2, 0) is 0 Å². The van der Waals surface area contributed by atoms with Gasteiger partial charge in [0.1, 0.15) is 5.82 Å². The smallest absolute Gasteiger partial charge is 0.253 e. The van der Waals surface area contributed by atoms with Gasteiger partial charge in [-0.1, -0.05) is 0 Å². The van der Waals surface area contributed by atoms with E-state index in [4.69, 9.17) is 0 Å². The Labute approximate surface area is 122 Å². The van der Waals surface area contributed by atoms with Crippen LogP contribution in [0.1, 0.15) is 47.8 Å². The quantitative estimate of drug-likeness (QED) is 0.794. The number of H-pyrrole nitrogens is 1. The fourth-order valence-corrected chi connectivity index (χ4v) is 2.91. The normalized spacial score (nSPS) is 22.4. The van der Waals surface area contributed by atoms with Gasteiger partial charge in [0.15, 0.2) is 5.65 Å². The number of amides is 1. The molecule has 0 radical (unpaired) electrons. The van der Waals surface area contributed by atoms with Gasteiger partial charge < -0.3 is 15.6 Å². The molecule has 2 aromatic rings. The van der Waals surface area contributed by atoms with Crippen LogP contribution in [0.3, 0.4) is 0 Å². The number of carbonyl (C=O) groups excluding carboxylic acids is 1. The summed E-state index contributed by atoms with van der Waals surface area (Å²) in [6.45, 7) is 1.88. The van der Waals surface area contributed by atoms with Gasteiger partial charge >= 0.3 is 0 Å². The standard InChI is InChI=1S/C15H19N5O/c21-15(18-10-2-1-6-16-8-10)11-5-7-17-14-12(11)19-13(20-14)9-3-4-9/h5,7,9-10,16H,1-4,6,8H2,(H,18,21)(H,17,19,20)/t10-/m1/s1. The van der Waals surface area contributed by atoms with Crippen molar-refractivity contribution < 1.29 is 4.79 Å². The van der Waals surface area contributed by atoms with Crippen molar-refractivity contribution in [1.82, 2.24) is 25.6 Å². The van der Waals surface area contributed by atoms with E-state index in [1.165, 1.54) is 12.8 Å². The van der Waals surface area contributed by atoms with Crippen molar-refractivity contribution in [2.75, 3.05) is 13.1 Å². The SMILES string of the molecule is O=C(N[C@@H]1CCCNC1)c1ccnc2nc(C3CC3)[nH]c12. The molecule has 1 saturated heterocycles. The fourth-order valence-electron chi connectivity index (χ4n) is 2.91. The Balaban J connectivity index is 1.60. The average molecular weight is 285 g/mol. The van der Waals surface area contributed by atoms with Crippen LogP contribution in [0.25, 0.3) is 11.2 Å². The topological polar surface area (TPSA) is 82.7 Å². The van der Waals surface area contributed by atoms with Gasteiger partial charge in [-0.25, -0.2) is 9.97 Å². The molecule has 1 saturated carbocycles. The highest BCUT2D eigenvalue weighted by atomic mass is 16.1. The van der Waals surface area contributed by atoms with Gasteiger partial charge in [-0.2, -0.15) is 0 Å². The maximum atomic E-state index is 12.5. The van der Waals surface area contributed by atoms with Crippen molar-refractivity contribution >= 4 is 17.1 Å². The molecule has 2 aromatic heterocycles. The second-order valence-corrected chi connectivity index (χ2v) is 5.97. The monoisotopic (exact) mass is 285 g/mol. The van der Waals surface area contributed by atoms with Crippen LogP contribution in [0.2, 0.25) is 0 Å². The van der Waals surface area contributed by atoms with Gasteiger partial charge in [0.2, 0.25) is 0 Å². The molecule has 6 heteroatoms. The first-order valence-electron chi connectivity index (χ1n) is 7.67. The van der Waals surface area contributed by atoms with E-state index >= 15 is 0 Å². The van der Waals surface area contributed by atoms with Gasteiger partial charge in [-0.3, -0.25) is 4.79 Å². The summed E-state index contributed by atoms with van der Waals surface area (Å²) in [4.78, 5) is 24.6. The zero-order valence-electron chi connectivity index (χ0n) is 11.9.